The molecular formula is C20H26N2O2. The first kappa shape index (κ1) is 18.1. The van der Waals surface area contributed by atoms with Crippen molar-refractivity contribution in [3.05, 3.63) is 57.9 Å². The highest BCUT2D eigenvalue weighted by molar-refractivity contribution is 6.05. The van der Waals surface area contributed by atoms with Crippen LogP contribution in [0.25, 0.3) is 0 Å². The molecule has 1 N–H and O–H groups in total. The van der Waals surface area contributed by atoms with Crippen molar-refractivity contribution in [1.29, 1.82) is 0 Å². The van der Waals surface area contributed by atoms with Crippen LogP contribution in [0, 0.1) is 20.8 Å². The van der Waals surface area contributed by atoms with Crippen LogP contribution in [0.2, 0.25) is 0 Å². The van der Waals surface area contributed by atoms with Gasteiger partial charge < -0.3 is 4.98 Å². The summed E-state index contributed by atoms with van der Waals surface area (Å²) in [5.74, 6) is 0.000372. The van der Waals surface area contributed by atoms with Crippen molar-refractivity contribution < 1.29 is 9.59 Å². The second-order valence-corrected chi connectivity index (χ2v) is 6.56. The number of nitrogens with zero attached hydrogens (tertiary/aromatic N) is 1. The van der Waals surface area contributed by atoms with E-state index in [1.807, 2.05) is 44.9 Å². The van der Waals surface area contributed by atoms with Crippen molar-refractivity contribution in [3.8, 4) is 0 Å². The van der Waals surface area contributed by atoms with Crippen molar-refractivity contribution >= 4 is 11.6 Å². The maximum atomic E-state index is 12.9. The summed E-state index contributed by atoms with van der Waals surface area (Å²) in [5, 5.41) is 0. The summed E-state index contributed by atoms with van der Waals surface area (Å²) in [6.45, 7) is 9.89. The van der Waals surface area contributed by atoms with Crippen molar-refractivity contribution in [1.82, 2.24) is 9.88 Å². The molecule has 2 rings (SSSR count). The molecule has 0 bridgehead atoms. The lowest BCUT2D eigenvalue weighted by Gasteiger charge is -2.24. The molecule has 0 fully saturated rings. The SMILES string of the molecule is CC(=O)c1c(C)[nH]c(C(=O)[C@@H](C)N(C)Cc2ccccc2C)c1C. The first-order valence-electron chi connectivity index (χ1n) is 8.23. The zero-order valence-corrected chi connectivity index (χ0v) is 15.4. The van der Waals surface area contributed by atoms with Crippen LogP contribution >= 0.6 is 0 Å². The molecule has 0 unspecified atom stereocenters. The van der Waals surface area contributed by atoms with Crippen LogP contribution in [-0.2, 0) is 6.54 Å². The van der Waals surface area contributed by atoms with E-state index in [-0.39, 0.29) is 17.6 Å². The number of nitrogens with one attached hydrogen (secondary N) is 1. The molecule has 1 heterocycles. The molecule has 1 aromatic carbocycles. The minimum atomic E-state index is -0.277. The van der Waals surface area contributed by atoms with Gasteiger partial charge in [-0.3, -0.25) is 14.5 Å². The predicted octanol–water partition coefficient (Wildman–Crippen LogP) is 3.85. The normalized spacial score (nSPS) is 12.5. The lowest BCUT2D eigenvalue weighted by atomic mass is 10.0. The molecule has 0 spiro atoms. The van der Waals surface area contributed by atoms with Gasteiger partial charge in [0.05, 0.1) is 11.7 Å². The van der Waals surface area contributed by atoms with Crippen LogP contribution in [-0.4, -0.2) is 34.5 Å². The fourth-order valence-corrected chi connectivity index (χ4v) is 3.13. The molecule has 0 aliphatic rings. The molecule has 0 radical (unpaired) electrons. The first-order chi connectivity index (χ1) is 11.2. The smallest absolute Gasteiger partial charge is 0.196 e. The van der Waals surface area contributed by atoms with Gasteiger partial charge in [-0.15, -0.1) is 0 Å². The minimum absolute atomic E-state index is 0.0128. The number of ketones is 2. The van der Waals surface area contributed by atoms with E-state index in [9.17, 15) is 9.59 Å². The van der Waals surface area contributed by atoms with Gasteiger partial charge in [-0.2, -0.15) is 0 Å². The molecule has 0 aliphatic heterocycles. The standard InChI is InChI=1S/C20H26N2O2/c1-12-9-7-8-10-17(12)11-22(6)15(4)20(24)19-13(2)18(16(5)23)14(3)21-19/h7-10,15,21H,11H2,1-6H3/t15-/m1/s1. The lowest BCUT2D eigenvalue weighted by Crippen LogP contribution is -2.36. The van der Waals surface area contributed by atoms with Crippen LogP contribution in [0.1, 0.15) is 57.1 Å². The van der Waals surface area contributed by atoms with Gasteiger partial charge in [0, 0.05) is 17.8 Å². The predicted molar refractivity (Wildman–Crippen MR) is 96.7 cm³/mol. The number of hydrogen-bond acceptors (Lipinski definition) is 3. The molecular weight excluding hydrogens is 300 g/mol. The molecule has 128 valence electrons. The van der Waals surface area contributed by atoms with Gasteiger partial charge in [-0.1, -0.05) is 24.3 Å². The Balaban J connectivity index is 2.22. The van der Waals surface area contributed by atoms with Crippen molar-refractivity contribution in [2.75, 3.05) is 7.05 Å². The summed E-state index contributed by atoms with van der Waals surface area (Å²) >= 11 is 0. The first-order valence-corrected chi connectivity index (χ1v) is 8.23. The third-order valence-electron chi connectivity index (χ3n) is 4.76. The number of hydrogen-bond donors (Lipinski definition) is 1. The third kappa shape index (κ3) is 3.49. The number of H-pyrrole nitrogens is 1. The summed E-state index contributed by atoms with van der Waals surface area (Å²) in [6, 6.07) is 7.91. The van der Waals surface area contributed by atoms with Gasteiger partial charge in [0.1, 0.15) is 0 Å². The Kier molecular flexibility index (Phi) is 5.40. The molecule has 4 heteroatoms. The number of aromatic amines is 1. The maximum absolute atomic E-state index is 12.9. The lowest BCUT2D eigenvalue weighted by molar-refractivity contribution is 0.0856. The number of Topliss-reactive ketones (excluding diaryl/α,β-unsaturated/α-hetero) is 2. The van der Waals surface area contributed by atoms with Gasteiger partial charge in [0.15, 0.2) is 11.6 Å². The number of benzene rings is 1. The Labute approximate surface area is 143 Å². The van der Waals surface area contributed by atoms with Gasteiger partial charge in [-0.05, 0) is 58.4 Å². The summed E-state index contributed by atoms with van der Waals surface area (Å²) in [5.41, 5.74) is 5.12. The number of carbonyl (C=O) groups is 2. The molecule has 2 aromatic rings. The Hall–Kier alpha value is -2.20. The van der Waals surface area contributed by atoms with Crippen molar-refractivity contribution in [2.24, 2.45) is 0 Å². The van der Waals surface area contributed by atoms with Crippen LogP contribution in [0.3, 0.4) is 0 Å². The maximum Gasteiger partial charge on any atom is 0.196 e. The molecule has 0 saturated carbocycles. The monoisotopic (exact) mass is 326 g/mol. The highest BCUT2D eigenvalue weighted by Crippen LogP contribution is 2.21. The molecule has 0 amide bonds. The fourth-order valence-electron chi connectivity index (χ4n) is 3.13. The summed E-state index contributed by atoms with van der Waals surface area (Å²) in [6.07, 6.45) is 0. The number of aromatic nitrogens is 1. The van der Waals surface area contributed by atoms with E-state index in [0.29, 0.717) is 17.8 Å². The second kappa shape index (κ2) is 7.14. The van der Waals surface area contributed by atoms with E-state index in [4.69, 9.17) is 0 Å². The number of rotatable bonds is 6. The van der Waals surface area contributed by atoms with E-state index in [1.165, 1.54) is 18.1 Å². The van der Waals surface area contributed by atoms with Gasteiger partial charge >= 0.3 is 0 Å². The molecule has 0 aliphatic carbocycles. The van der Waals surface area contributed by atoms with E-state index in [1.54, 1.807) is 0 Å². The van der Waals surface area contributed by atoms with E-state index in [0.717, 1.165) is 11.3 Å². The average Bonchev–Trinajstić information content (AvgIpc) is 2.82. The molecule has 1 aromatic heterocycles. The van der Waals surface area contributed by atoms with E-state index >= 15 is 0 Å². The number of aryl methyl sites for hydroxylation is 2. The average molecular weight is 326 g/mol. The minimum Gasteiger partial charge on any atom is -0.355 e. The third-order valence-corrected chi connectivity index (χ3v) is 4.76. The number of likely N-dealkylation sites (N-methyl/N-ethyl adjacent to an activating group) is 1. The van der Waals surface area contributed by atoms with E-state index < -0.39 is 0 Å². The highest BCUT2D eigenvalue weighted by Gasteiger charge is 2.26. The molecule has 24 heavy (non-hydrogen) atoms. The topological polar surface area (TPSA) is 53.2 Å². The molecule has 1 atom stereocenters. The van der Waals surface area contributed by atoms with Crippen molar-refractivity contribution in [3.63, 3.8) is 0 Å². The summed E-state index contributed by atoms with van der Waals surface area (Å²) in [7, 11) is 1.95. The van der Waals surface area contributed by atoms with Crippen LogP contribution in [0.4, 0.5) is 0 Å². The summed E-state index contributed by atoms with van der Waals surface area (Å²) < 4.78 is 0. The van der Waals surface area contributed by atoms with Crippen molar-refractivity contribution in [2.45, 2.75) is 47.2 Å². The zero-order valence-electron chi connectivity index (χ0n) is 15.4. The van der Waals surface area contributed by atoms with Crippen LogP contribution in [0.5, 0.6) is 0 Å². The largest absolute Gasteiger partial charge is 0.355 e. The second-order valence-electron chi connectivity index (χ2n) is 6.56. The Morgan fingerprint density at radius 2 is 1.79 bits per heavy atom. The van der Waals surface area contributed by atoms with Gasteiger partial charge in [0.2, 0.25) is 0 Å². The zero-order chi connectivity index (χ0) is 18.0. The summed E-state index contributed by atoms with van der Waals surface area (Å²) in [4.78, 5) is 29.8. The number of carbonyl (C=O) groups excluding carboxylic acids is 2. The molecule has 4 nitrogen and oxygen atoms in total. The molecule has 0 saturated heterocycles. The Morgan fingerprint density at radius 3 is 2.33 bits per heavy atom. The quantitative estimate of drug-likeness (QED) is 0.821. The fraction of sp³-hybridized carbons (Fsp3) is 0.400. The Bertz CT molecular complexity index is 774. The Morgan fingerprint density at radius 1 is 1.17 bits per heavy atom. The van der Waals surface area contributed by atoms with Crippen LogP contribution < -0.4 is 0 Å². The van der Waals surface area contributed by atoms with Gasteiger partial charge in [-0.25, -0.2) is 0 Å². The van der Waals surface area contributed by atoms with Gasteiger partial charge in [0.25, 0.3) is 0 Å². The van der Waals surface area contributed by atoms with E-state index in [2.05, 4.69) is 24.0 Å². The highest BCUT2D eigenvalue weighted by atomic mass is 16.1. The van der Waals surface area contributed by atoms with Crippen LogP contribution in [0.15, 0.2) is 24.3 Å².